The van der Waals surface area contributed by atoms with Crippen molar-refractivity contribution in [3.63, 3.8) is 0 Å². The predicted molar refractivity (Wildman–Crippen MR) is 32.8 cm³/mol. The van der Waals surface area contributed by atoms with Gasteiger partial charge in [0.15, 0.2) is 6.30 Å². The molecule has 5 heteroatoms. The van der Waals surface area contributed by atoms with Crippen molar-refractivity contribution in [3.05, 3.63) is 0 Å². The fourth-order valence-electron chi connectivity index (χ4n) is 0.414. The van der Waals surface area contributed by atoms with Crippen LogP contribution in [0.3, 0.4) is 0 Å². The fourth-order valence-corrected chi connectivity index (χ4v) is 1.24. The number of alkyl halides is 1. The Kier molecular flexibility index (Phi) is 3.95. The van der Waals surface area contributed by atoms with Gasteiger partial charge in [0.25, 0.3) is 0 Å². The molecule has 0 aliphatic carbocycles. The maximum absolute atomic E-state index is 12.0. The van der Waals surface area contributed by atoms with Crippen molar-refractivity contribution in [2.75, 3.05) is 27.6 Å². The molecule has 0 radical (unpaired) electrons. The van der Waals surface area contributed by atoms with Gasteiger partial charge in [-0.1, -0.05) is 0 Å². The molecule has 56 valence electrons. The van der Waals surface area contributed by atoms with Crippen LogP contribution in [0.1, 0.15) is 0 Å². The average molecular weight is 154 g/mol. The first-order valence-electron chi connectivity index (χ1n) is 2.46. The normalized spacial score (nSPS) is 12.0. The van der Waals surface area contributed by atoms with Crippen LogP contribution in [-0.4, -0.2) is 36.4 Å². The van der Waals surface area contributed by atoms with Crippen LogP contribution in [0.2, 0.25) is 0 Å². The maximum Gasteiger partial charge on any atom is 0.532 e. The molecule has 0 aliphatic rings. The van der Waals surface area contributed by atoms with E-state index in [1.165, 1.54) is 21.3 Å². The van der Waals surface area contributed by atoms with Gasteiger partial charge in [-0.25, -0.2) is 4.39 Å². The standard InChI is InChI=1S/C4H11FO3Si/c1-6-9(4-5,7-2)8-3/h4H2,1-3H3. The van der Waals surface area contributed by atoms with Crippen LogP contribution in [-0.2, 0) is 13.3 Å². The summed E-state index contributed by atoms with van der Waals surface area (Å²) in [5.74, 6) is 0. The van der Waals surface area contributed by atoms with Crippen molar-refractivity contribution in [3.8, 4) is 0 Å². The van der Waals surface area contributed by atoms with Gasteiger partial charge < -0.3 is 13.3 Å². The van der Waals surface area contributed by atoms with E-state index in [1.807, 2.05) is 0 Å². The smallest absolute Gasteiger partial charge is 0.375 e. The zero-order valence-corrected chi connectivity index (χ0v) is 6.81. The van der Waals surface area contributed by atoms with Crippen molar-refractivity contribution in [2.45, 2.75) is 0 Å². The third kappa shape index (κ3) is 2.02. The highest BCUT2D eigenvalue weighted by Gasteiger charge is 2.37. The minimum absolute atomic E-state index is 0.684. The van der Waals surface area contributed by atoms with Gasteiger partial charge in [-0.05, 0) is 0 Å². The summed E-state index contributed by atoms with van der Waals surface area (Å²) in [4.78, 5) is 0. The summed E-state index contributed by atoms with van der Waals surface area (Å²) in [5.41, 5.74) is 0. The quantitative estimate of drug-likeness (QED) is 0.548. The average Bonchev–Trinajstić information content (AvgIpc) is 1.95. The second kappa shape index (κ2) is 3.94. The summed E-state index contributed by atoms with van der Waals surface area (Å²) < 4.78 is 26.1. The third-order valence-corrected chi connectivity index (χ3v) is 3.29. The lowest BCUT2D eigenvalue weighted by molar-refractivity contribution is 0.112. The summed E-state index contributed by atoms with van der Waals surface area (Å²) in [7, 11) is 1.26. The van der Waals surface area contributed by atoms with Crippen LogP contribution in [0.25, 0.3) is 0 Å². The van der Waals surface area contributed by atoms with Gasteiger partial charge in [-0.3, -0.25) is 0 Å². The Morgan fingerprint density at radius 3 is 1.44 bits per heavy atom. The molecule has 0 aromatic rings. The van der Waals surface area contributed by atoms with Gasteiger partial charge >= 0.3 is 8.80 Å². The molecule has 0 N–H and O–H groups in total. The third-order valence-electron chi connectivity index (χ3n) is 1.10. The summed E-state index contributed by atoms with van der Waals surface area (Å²) in [6.07, 6.45) is -0.684. The molecule has 0 heterocycles. The summed E-state index contributed by atoms with van der Waals surface area (Å²) in [6.45, 7) is 0. The second-order valence-corrected chi connectivity index (χ2v) is 4.29. The lowest BCUT2D eigenvalue weighted by Crippen LogP contribution is -2.45. The van der Waals surface area contributed by atoms with Crippen LogP contribution in [0, 0.1) is 0 Å². The van der Waals surface area contributed by atoms with E-state index in [9.17, 15) is 4.39 Å². The molecule has 9 heavy (non-hydrogen) atoms. The minimum Gasteiger partial charge on any atom is -0.375 e. The number of hydrogen-bond acceptors (Lipinski definition) is 3. The molecule has 0 saturated carbocycles. The van der Waals surface area contributed by atoms with E-state index in [0.717, 1.165) is 0 Å². The first kappa shape index (κ1) is 9.03. The molecule has 0 amide bonds. The number of hydrogen-bond donors (Lipinski definition) is 0. The Hall–Kier alpha value is 0.0269. The monoisotopic (exact) mass is 154 g/mol. The lowest BCUT2D eigenvalue weighted by Gasteiger charge is -2.20. The Morgan fingerprint density at radius 1 is 1.11 bits per heavy atom. The van der Waals surface area contributed by atoms with Crippen molar-refractivity contribution >= 4 is 8.80 Å². The molecule has 0 spiro atoms. The molecule has 0 fully saturated rings. The SMILES string of the molecule is CO[Si](CF)(OC)OC. The van der Waals surface area contributed by atoms with E-state index < -0.39 is 15.1 Å². The van der Waals surface area contributed by atoms with Crippen LogP contribution in [0.15, 0.2) is 0 Å². The maximum atomic E-state index is 12.0. The molecule has 0 aromatic carbocycles. The molecule has 3 nitrogen and oxygen atoms in total. The van der Waals surface area contributed by atoms with Crippen LogP contribution >= 0.6 is 0 Å². The zero-order valence-electron chi connectivity index (χ0n) is 5.81. The van der Waals surface area contributed by atoms with Gasteiger partial charge in [0.1, 0.15) is 0 Å². The molecule has 0 saturated heterocycles. The molecule has 0 bridgehead atoms. The molecular weight excluding hydrogens is 143 g/mol. The first-order valence-corrected chi connectivity index (χ1v) is 4.39. The van der Waals surface area contributed by atoms with Crippen LogP contribution < -0.4 is 0 Å². The zero-order chi connectivity index (χ0) is 7.33. The second-order valence-electron chi connectivity index (χ2n) is 1.43. The van der Waals surface area contributed by atoms with E-state index >= 15 is 0 Å². The van der Waals surface area contributed by atoms with Crippen molar-refractivity contribution in [2.24, 2.45) is 0 Å². The predicted octanol–water partition coefficient (Wildman–Crippen LogP) is 0.373. The Morgan fingerprint density at radius 2 is 1.44 bits per heavy atom. The van der Waals surface area contributed by atoms with Crippen molar-refractivity contribution in [1.29, 1.82) is 0 Å². The minimum atomic E-state index is -2.86. The highest BCUT2D eigenvalue weighted by atomic mass is 28.4. The van der Waals surface area contributed by atoms with Gasteiger partial charge in [0.05, 0.1) is 0 Å². The Balaban J connectivity index is 3.82. The Bertz CT molecular complexity index is 58.7. The summed E-state index contributed by atoms with van der Waals surface area (Å²) >= 11 is 0. The van der Waals surface area contributed by atoms with Gasteiger partial charge in [-0.15, -0.1) is 0 Å². The molecule has 0 aromatic heterocycles. The van der Waals surface area contributed by atoms with Crippen LogP contribution in [0.5, 0.6) is 0 Å². The van der Waals surface area contributed by atoms with Crippen molar-refractivity contribution in [1.82, 2.24) is 0 Å². The Labute approximate surface area is 55.1 Å². The van der Waals surface area contributed by atoms with E-state index in [-0.39, 0.29) is 0 Å². The molecule has 0 unspecified atom stereocenters. The molecule has 0 rings (SSSR count). The fraction of sp³-hybridized carbons (Fsp3) is 1.00. The topological polar surface area (TPSA) is 27.7 Å². The molecule has 0 aliphatic heterocycles. The molecule has 0 atom stereocenters. The van der Waals surface area contributed by atoms with E-state index in [2.05, 4.69) is 0 Å². The highest BCUT2D eigenvalue weighted by Crippen LogP contribution is 2.04. The summed E-state index contributed by atoms with van der Waals surface area (Å²) in [6, 6.07) is 0. The van der Waals surface area contributed by atoms with Crippen LogP contribution in [0.4, 0.5) is 4.39 Å². The number of halogens is 1. The van der Waals surface area contributed by atoms with Gasteiger partial charge in [-0.2, -0.15) is 0 Å². The van der Waals surface area contributed by atoms with E-state index in [0.29, 0.717) is 0 Å². The first-order chi connectivity index (χ1) is 4.24. The highest BCUT2D eigenvalue weighted by molar-refractivity contribution is 6.60. The summed E-state index contributed by atoms with van der Waals surface area (Å²) in [5, 5.41) is 0. The largest absolute Gasteiger partial charge is 0.532 e. The lowest BCUT2D eigenvalue weighted by atomic mass is 11.8. The van der Waals surface area contributed by atoms with Gasteiger partial charge in [0, 0.05) is 21.3 Å². The molecular formula is C4H11FO3Si. The van der Waals surface area contributed by atoms with E-state index in [4.69, 9.17) is 13.3 Å². The number of rotatable bonds is 4. The van der Waals surface area contributed by atoms with Gasteiger partial charge in [0.2, 0.25) is 0 Å². The van der Waals surface area contributed by atoms with Crippen molar-refractivity contribution < 1.29 is 17.7 Å². The van der Waals surface area contributed by atoms with E-state index in [1.54, 1.807) is 0 Å².